The zero-order valence-electron chi connectivity index (χ0n) is 59.9. The normalized spacial score (nSPS) is 12.0. The van der Waals surface area contributed by atoms with Crippen molar-refractivity contribution in [2.75, 3.05) is 81.9 Å². The Bertz CT molecular complexity index is 5440. The van der Waals surface area contributed by atoms with Crippen molar-refractivity contribution in [3.05, 3.63) is 234 Å². The quantitative estimate of drug-likeness (QED) is 0.0489. The van der Waals surface area contributed by atoms with Gasteiger partial charge in [-0.3, -0.25) is 22.8 Å². The van der Waals surface area contributed by atoms with Crippen molar-refractivity contribution >= 4 is 169 Å². The first-order valence-electron chi connectivity index (χ1n) is 33.5. The van der Waals surface area contributed by atoms with Gasteiger partial charge in [-0.1, -0.05) is 117 Å². The van der Waals surface area contributed by atoms with Gasteiger partial charge in [0.2, 0.25) is 0 Å². The third-order valence-corrected chi connectivity index (χ3v) is 19.7. The number of pyridine rings is 5. The lowest BCUT2D eigenvalue weighted by Crippen LogP contribution is -2.39. The van der Waals surface area contributed by atoms with E-state index in [2.05, 4.69) is 61.4 Å². The molecule has 0 spiro atoms. The molecule has 0 unspecified atom stereocenters. The molecule has 0 bridgehead atoms. The Labute approximate surface area is 691 Å². The standard InChI is InChI=1S/C23H21Cl2N5O.C18H20Cl2N4O.C17H18Cl2N4.C14H11Cl2N3.C4F6O2.2ClH/c24-17-1-2-18(20(25)11-17)19-14-30-21(13-28-23(30)10-16(19)12-26)15-3-4-27-22(9-15)29-5-7-31-8-6-29;1-23(5-6-25-2)18-10-22-17-7-12(9-21)15(11-24(17)18)14-4-3-13(19)8-16(14)20;1-3-22(2)17-9-21-16-6-11(8-20)14(10-23(16)17)13-5-4-12(18)7-15(13)19;15-10-1-2-11(13(16)6-10)12-8-19-4-3-18-14(19)5-9(12)7-17;5-3(6,7)1(11)2(12)4(8,9)10;;/h1-4,9-11,13-14H,5-8,12,26H2;3-4,7-8,10-11H,5-6,9,21H2,1-2H3;4-7,9-10H,3,8,20H2,1-2H3;1-6,8H,7,17H2;;2*1H. The van der Waals surface area contributed by atoms with Gasteiger partial charge in [-0.05, 0) is 114 Å². The maximum absolute atomic E-state index is 11.2. The summed E-state index contributed by atoms with van der Waals surface area (Å²) in [7, 11) is 5.74. The number of ether oxygens (including phenoxy) is 2. The number of Topliss-reactive ketones (excluding diaryl/α,β-unsaturated/α-hetero) is 2. The van der Waals surface area contributed by atoms with E-state index in [1.807, 2.05) is 158 Å². The molecule has 20 nitrogen and oxygen atoms in total. The lowest BCUT2D eigenvalue weighted by Gasteiger charge is -2.28. The molecule has 0 atom stereocenters. The van der Waals surface area contributed by atoms with Gasteiger partial charge in [-0.15, -0.1) is 24.8 Å². The largest absolute Gasteiger partial charge is 0.458 e. The first-order valence-corrected chi connectivity index (χ1v) is 36.5. The number of rotatable bonds is 17. The number of hydrogen-bond acceptors (Lipinski definition) is 16. The molecule has 0 saturated carbocycles. The summed E-state index contributed by atoms with van der Waals surface area (Å²) in [5.74, 6) is -3.88. The lowest BCUT2D eigenvalue weighted by molar-refractivity contribution is -0.193. The number of imidazole rings is 4. The van der Waals surface area contributed by atoms with E-state index in [0.29, 0.717) is 86.2 Å². The van der Waals surface area contributed by atoms with E-state index in [-0.39, 0.29) is 24.8 Å². The van der Waals surface area contributed by atoms with Crippen LogP contribution in [0.15, 0.2) is 171 Å². The Morgan fingerprint density at radius 2 is 0.866 bits per heavy atom. The molecular formula is C76H72Cl10F6N16O4. The van der Waals surface area contributed by atoms with Crippen LogP contribution in [-0.2, 0) is 45.2 Å². The van der Waals surface area contributed by atoms with Crippen LogP contribution in [0.1, 0.15) is 29.2 Å². The summed E-state index contributed by atoms with van der Waals surface area (Å²) >= 11 is 49.6. The number of alkyl halides is 6. The van der Waals surface area contributed by atoms with Gasteiger partial charge >= 0.3 is 23.9 Å². The molecule has 1 aliphatic rings. The van der Waals surface area contributed by atoms with E-state index in [0.717, 1.165) is 144 Å². The molecule has 10 heterocycles. The van der Waals surface area contributed by atoms with Crippen LogP contribution in [0.2, 0.25) is 40.2 Å². The zero-order valence-corrected chi connectivity index (χ0v) is 67.5. The Morgan fingerprint density at radius 3 is 1.26 bits per heavy atom. The van der Waals surface area contributed by atoms with E-state index in [1.165, 1.54) is 0 Å². The summed E-state index contributed by atoms with van der Waals surface area (Å²) in [4.78, 5) is 48.1. The number of carbonyl (C=O) groups is 2. The average molecular weight is 1740 g/mol. The number of likely N-dealkylation sites (N-methyl/N-ethyl adjacent to an activating group) is 1. The van der Waals surface area contributed by atoms with Crippen LogP contribution in [0.25, 0.3) is 78.4 Å². The number of nitrogens with zero attached hydrogens (tertiary/aromatic N) is 12. The van der Waals surface area contributed by atoms with E-state index in [9.17, 15) is 35.9 Å². The zero-order chi connectivity index (χ0) is 79.5. The minimum Gasteiger partial charge on any atom is -0.383 e. The van der Waals surface area contributed by atoms with Crippen molar-refractivity contribution in [2.45, 2.75) is 45.5 Å². The van der Waals surface area contributed by atoms with Crippen LogP contribution < -0.4 is 37.6 Å². The Balaban J connectivity index is 0.000000180. The van der Waals surface area contributed by atoms with Crippen molar-refractivity contribution in [1.29, 1.82) is 0 Å². The molecule has 592 valence electrons. The molecule has 1 fully saturated rings. The van der Waals surface area contributed by atoms with Crippen LogP contribution in [0.5, 0.6) is 0 Å². The van der Waals surface area contributed by atoms with Crippen molar-refractivity contribution in [1.82, 2.24) is 42.5 Å². The van der Waals surface area contributed by atoms with E-state index in [4.69, 9.17) is 125 Å². The summed E-state index contributed by atoms with van der Waals surface area (Å²) in [6.07, 6.45) is 7.63. The predicted molar refractivity (Wildman–Crippen MR) is 441 cm³/mol. The number of ketones is 2. The topological polar surface area (TPSA) is 248 Å². The number of halogens is 16. The summed E-state index contributed by atoms with van der Waals surface area (Å²) in [6, 6.07) is 34.0. The highest BCUT2D eigenvalue weighted by Crippen LogP contribution is 2.39. The summed E-state index contributed by atoms with van der Waals surface area (Å²) < 4.78 is 85.7. The molecule has 0 radical (unpaired) electrons. The second kappa shape index (κ2) is 39.7. The second-order valence-electron chi connectivity index (χ2n) is 24.5. The number of anilines is 3. The van der Waals surface area contributed by atoms with Crippen LogP contribution in [-0.4, -0.2) is 134 Å². The maximum atomic E-state index is 11.2. The molecule has 9 aromatic heterocycles. The third-order valence-electron chi connectivity index (χ3n) is 17.5. The number of carbonyl (C=O) groups excluding carboxylic acids is 2. The lowest BCUT2D eigenvalue weighted by atomic mass is 10.0. The van der Waals surface area contributed by atoms with Gasteiger partial charge in [0.05, 0.1) is 44.1 Å². The fourth-order valence-electron chi connectivity index (χ4n) is 11.7. The van der Waals surface area contributed by atoms with Crippen LogP contribution in [0.3, 0.4) is 0 Å². The highest BCUT2D eigenvalue weighted by atomic mass is 35.5. The van der Waals surface area contributed by atoms with Gasteiger partial charge in [0.1, 0.15) is 40.0 Å². The van der Waals surface area contributed by atoms with Gasteiger partial charge in [-0.25, -0.2) is 24.9 Å². The fraction of sp³-hybridized carbons (Fsp3) is 0.224. The van der Waals surface area contributed by atoms with Crippen molar-refractivity contribution in [3.63, 3.8) is 0 Å². The molecule has 13 aromatic rings. The van der Waals surface area contributed by atoms with E-state index < -0.39 is 23.9 Å². The summed E-state index contributed by atoms with van der Waals surface area (Å²) in [5.41, 5.74) is 40.7. The van der Waals surface area contributed by atoms with E-state index >= 15 is 0 Å². The maximum Gasteiger partial charge on any atom is 0.458 e. The first kappa shape index (κ1) is 89.3. The minimum absolute atomic E-state index is 0. The fourth-order valence-corrected chi connectivity index (χ4v) is 13.8. The molecule has 8 N–H and O–H groups in total. The number of aromatic nitrogens is 9. The number of hydrogen-bond donors (Lipinski definition) is 4. The van der Waals surface area contributed by atoms with Gasteiger partial charge in [-0.2, -0.15) is 26.3 Å². The Hall–Kier alpha value is -8.23. The highest BCUT2D eigenvalue weighted by molar-refractivity contribution is 6.41. The highest BCUT2D eigenvalue weighted by Gasteiger charge is 2.54. The Morgan fingerprint density at radius 1 is 0.482 bits per heavy atom. The molecule has 112 heavy (non-hydrogen) atoms. The Kier molecular flexibility index (Phi) is 31.7. The van der Waals surface area contributed by atoms with E-state index in [1.54, 1.807) is 37.6 Å². The minimum atomic E-state index is -5.77. The van der Waals surface area contributed by atoms with Gasteiger partial charge in [0.15, 0.2) is 0 Å². The monoisotopic (exact) mass is 1740 g/mol. The summed E-state index contributed by atoms with van der Waals surface area (Å²) in [6.45, 7) is 9.12. The van der Waals surface area contributed by atoms with Crippen molar-refractivity contribution in [3.8, 4) is 55.8 Å². The molecule has 0 amide bonds. The van der Waals surface area contributed by atoms with Gasteiger partial charge < -0.3 is 51.5 Å². The van der Waals surface area contributed by atoms with Crippen molar-refractivity contribution in [2.24, 2.45) is 22.9 Å². The number of methoxy groups -OCH3 is 1. The van der Waals surface area contributed by atoms with Gasteiger partial charge in [0.25, 0.3) is 0 Å². The van der Waals surface area contributed by atoms with Crippen LogP contribution in [0.4, 0.5) is 43.8 Å². The number of nitrogens with two attached hydrogens (primary N) is 4. The molecule has 36 heteroatoms. The number of fused-ring (bicyclic) bond motifs is 4. The number of benzene rings is 4. The molecule has 0 aliphatic carbocycles. The number of morpholine rings is 1. The summed E-state index contributed by atoms with van der Waals surface area (Å²) in [5, 5.41) is 4.83. The van der Waals surface area contributed by atoms with Crippen molar-refractivity contribution < 1.29 is 45.4 Å². The van der Waals surface area contributed by atoms with Gasteiger partial charge in [0, 0.05) is 207 Å². The average Bonchev–Trinajstić information content (AvgIpc) is 1.58. The smallest absolute Gasteiger partial charge is 0.383 e. The third kappa shape index (κ3) is 21.2. The molecule has 1 aliphatic heterocycles. The predicted octanol–water partition coefficient (Wildman–Crippen LogP) is 18.6. The SMILES string of the molecule is CCN(C)c1cnc2cc(CN)c(-c3ccc(Cl)cc3Cl)cn12.COCCN(C)c1cnc2cc(CN)c(-c3ccc(Cl)cc3Cl)cn12.Cl.Cl.NCc1cc2ncc(-c3ccnc(N4CCOCC4)c3)n2cc1-c1ccc(Cl)cc1Cl.NCc1cc2nccn2cc1-c1ccc(Cl)cc1Cl.O=C(C(=O)C(F)(F)F)C(F)(F)F. The molecule has 1 saturated heterocycles. The second-order valence-corrected chi connectivity index (χ2v) is 27.9. The molecular weight excluding hydrogens is 1670 g/mol. The molecule has 4 aromatic carbocycles. The molecule has 14 rings (SSSR count). The van der Waals surface area contributed by atoms with Crippen LogP contribution in [0, 0.1) is 0 Å². The van der Waals surface area contributed by atoms with Crippen LogP contribution >= 0.6 is 118 Å². The first-order chi connectivity index (χ1) is 52.5.